The van der Waals surface area contributed by atoms with Crippen LogP contribution in [0.1, 0.15) is 5.56 Å². The summed E-state index contributed by atoms with van der Waals surface area (Å²) in [5.74, 6) is -0.0425. The van der Waals surface area contributed by atoms with Crippen molar-refractivity contribution >= 4 is 5.69 Å². The smallest absolute Gasteiger partial charge is 0.139 e. The molecule has 0 aliphatic carbocycles. The summed E-state index contributed by atoms with van der Waals surface area (Å²) in [6.07, 6.45) is 0. The predicted octanol–water partition coefficient (Wildman–Crippen LogP) is 0.846. The van der Waals surface area contributed by atoms with E-state index in [4.69, 9.17) is 16.1 Å². The number of hydrogen-bond acceptors (Lipinski definition) is 3. The van der Waals surface area contributed by atoms with E-state index in [9.17, 15) is 0 Å². The van der Waals surface area contributed by atoms with Crippen LogP contribution >= 0.6 is 0 Å². The minimum Gasteiger partial charge on any atom is -0.506 e. The van der Waals surface area contributed by atoms with Gasteiger partial charge in [-0.05, 0) is 18.2 Å². The number of phenolic OH excluding ortho intramolecular Hbond substituents is 1. The third-order valence-electron chi connectivity index (χ3n) is 1.16. The summed E-state index contributed by atoms with van der Waals surface area (Å²) in [4.78, 5) is 0. The van der Waals surface area contributed by atoms with Gasteiger partial charge in [-0.1, -0.05) is 0 Å². The van der Waals surface area contributed by atoms with Gasteiger partial charge in [0, 0.05) is 0 Å². The van der Waals surface area contributed by atoms with Gasteiger partial charge < -0.3 is 10.8 Å². The van der Waals surface area contributed by atoms with E-state index in [1.807, 2.05) is 6.07 Å². The Kier molecular flexibility index (Phi) is 1.46. The number of benzene rings is 1. The quantitative estimate of drug-likeness (QED) is 0.408. The first-order valence-electron chi connectivity index (χ1n) is 2.72. The molecule has 1 aromatic carbocycles. The number of rotatable bonds is 0. The summed E-state index contributed by atoms with van der Waals surface area (Å²) in [6, 6.07) is 6.25. The Bertz CT molecular complexity index is 288. The molecule has 0 spiro atoms. The predicted molar refractivity (Wildman–Crippen MR) is 37.2 cm³/mol. The van der Waals surface area contributed by atoms with Crippen molar-refractivity contribution in [3.63, 3.8) is 0 Å². The highest BCUT2D eigenvalue weighted by Gasteiger charge is 1.95. The first kappa shape index (κ1) is 6.43. The lowest BCUT2D eigenvalue weighted by atomic mass is 10.2. The van der Waals surface area contributed by atoms with E-state index < -0.39 is 0 Å². The Labute approximate surface area is 58.3 Å². The average Bonchev–Trinajstić information content (AvgIpc) is 1.95. The third-order valence-corrected chi connectivity index (χ3v) is 1.16. The van der Waals surface area contributed by atoms with Crippen molar-refractivity contribution in [2.24, 2.45) is 0 Å². The van der Waals surface area contributed by atoms with Crippen LogP contribution in [-0.4, -0.2) is 5.11 Å². The van der Waals surface area contributed by atoms with Crippen LogP contribution in [0.3, 0.4) is 0 Å². The molecule has 50 valence electrons. The highest BCUT2D eigenvalue weighted by Crippen LogP contribution is 2.19. The normalized spacial score (nSPS) is 8.70. The number of nitrogens with zero attached hydrogens (tertiary/aromatic N) is 1. The van der Waals surface area contributed by atoms with Crippen molar-refractivity contribution in [2.75, 3.05) is 5.73 Å². The maximum atomic E-state index is 8.96. The largest absolute Gasteiger partial charge is 0.506 e. The van der Waals surface area contributed by atoms with Gasteiger partial charge in [0.1, 0.15) is 5.75 Å². The van der Waals surface area contributed by atoms with Crippen LogP contribution < -0.4 is 5.73 Å². The maximum Gasteiger partial charge on any atom is 0.139 e. The van der Waals surface area contributed by atoms with Crippen LogP contribution in [0, 0.1) is 11.3 Å². The molecule has 0 aromatic heterocycles. The molecule has 3 nitrogen and oxygen atoms in total. The minimum atomic E-state index is -0.0425. The van der Waals surface area contributed by atoms with Gasteiger partial charge in [-0.15, -0.1) is 0 Å². The van der Waals surface area contributed by atoms with Gasteiger partial charge in [-0.25, -0.2) is 0 Å². The van der Waals surface area contributed by atoms with Crippen LogP contribution in [-0.2, 0) is 0 Å². The Morgan fingerprint density at radius 2 is 2.20 bits per heavy atom. The fraction of sp³-hybridized carbons (Fsp3) is 0. The molecule has 3 N–H and O–H groups in total. The average molecular weight is 134 g/mol. The van der Waals surface area contributed by atoms with Crippen LogP contribution in [0.5, 0.6) is 5.75 Å². The summed E-state index contributed by atoms with van der Waals surface area (Å²) in [7, 11) is 0. The Morgan fingerprint density at radius 1 is 1.50 bits per heavy atom. The molecule has 0 amide bonds. The fourth-order valence-corrected chi connectivity index (χ4v) is 0.613. The molecule has 0 bridgehead atoms. The second-order valence-corrected chi connectivity index (χ2v) is 1.89. The van der Waals surface area contributed by atoms with Gasteiger partial charge in [0.25, 0.3) is 0 Å². The first-order chi connectivity index (χ1) is 4.74. The van der Waals surface area contributed by atoms with Crippen molar-refractivity contribution in [3.8, 4) is 11.8 Å². The summed E-state index contributed by atoms with van der Waals surface area (Å²) < 4.78 is 0. The zero-order valence-corrected chi connectivity index (χ0v) is 5.20. The van der Waals surface area contributed by atoms with E-state index in [1.54, 1.807) is 6.07 Å². The number of aromatic hydroxyl groups is 1. The molecule has 0 saturated carbocycles. The highest BCUT2D eigenvalue weighted by atomic mass is 16.3. The third kappa shape index (κ3) is 1.00. The number of nitrogens with two attached hydrogens (primary N) is 1. The van der Waals surface area contributed by atoms with E-state index in [0.29, 0.717) is 11.3 Å². The molecule has 0 fully saturated rings. The van der Waals surface area contributed by atoms with E-state index in [2.05, 4.69) is 0 Å². The second kappa shape index (κ2) is 2.28. The van der Waals surface area contributed by atoms with Gasteiger partial charge in [0.15, 0.2) is 0 Å². The summed E-state index contributed by atoms with van der Waals surface area (Å²) in [5, 5.41) is 17.3. The zero-order valence-electron chi connectivity index (χ0n) is 5.20. The van der Waals surface area contributed by atoms with Gasteiger partial charge in [0.2, 0.25) is 0 Å². The number of phenols is 1. The van der Waals surface area contributed by atoms with E-state index in [0.717, 1.165) is 0 Å². The number of anilines is 1. The number of nitriles is 1. The van der Waals surface area contributed by atoms with Crippen molar-refractivity contribution in [3.05, 3.63) is 23.8 Å². The molecule has 0 aliphatic heterocycles. The Morgan fingerprint density at radius 3 is 2.70 bits per heavy atom. The summed E-state index contributed by atoms with van der Waals surface area (Å²) >= 11 is 0. The van der Waals surface area contributed by atoms with E-state index in [-0.39, 0.29) is 5.75 Å². The molecule has 10 heavy (non-hydrogen) atoms. The monoisotopic (exact) mass is 134 g/mol. The first-order valence-corrected chi connectivity index (χ1v) is 2.72. The molecule has 0 radical (unpaired) electrons. The standard InChI is InChI=1S/C7H6N2O/c8-4-5-1-2-6(9)7(10)3-5/h1-3,10H,9H2. The summed E-state index contributed by atoms with van der Waals surface area (Å²) in [6.45, 7) is 0. The minimum absolute atomic E-state index is 0.0425. The molecular formula is C7H6N2O. The zero-order chi connectivity index (χ0) is 7.56. The second-order valence-electron chi connectivity index (χ2n) is 1.89. The van der Waals surface area contributed by atoms with Crippen molar-refractivity contribution < 1.29 is 5.11 Å². The molecule has 0 heterocycles. The Hall–Kier alpha value is -1.69. The fourth-order valence-electron chi connectivity index (χ4n) is 0.613. The van der Waals surface area contributed by atoms with Gasteiger partial charge in [-0.3, -0.25) is 0 Å². The summed E-state index contributed by atoms with van der Waals surface area (Å²) in [5.41, 5.74) is 5.98. The molecule has 0 saturated heterocycles. The molecule has 0 unspecified atom stereocenters. The van der Waals surface area contributed by atoms with Gasteiger partial charge in [0.05, 0.1) is 17.3 Å². The number of nitrogen functional groups attached to an aromatic ring is 1. The van der Waals surface area contributed by atoms with Crippen LogP contribution in [0.25, 0.3) is 0 Å². The van der Waals surface area contributed by atoms with Crippen molar-refractivity contribution in [1.82, 2.24) is 0 Å². The van der Waals surface area contributed by atoms with Gasteiger partial charge in [-0.2, -0.15) is 5.26 Å². The SMILES string of the molecule is N#Cc1ccc(N)c(O)c1. The van der Waals surface area contributed by atoms with Gasteiger partial charge >= 0.3 is 0 Å². The highest BCUT2D eigenvalue weighted by molar-refractivity contribution is 5.54. The van der Waals surface area contributed by atoms with Crippen LogP contribution in [0.15, 0.2) is 18.2 Å². The van der Waals surface area contributed by atoms with Crippen molar-refractivity contribution in [1.29, 1.82) is 5.26 Å². The molecule has 3 heteroatoms. The maximum absolute atomic E-state index is 8.96. The van der Waals surface area contributed by atoms with Crippen LogP contribution in [0.4, 0.5) is 5.69 Å². The topological polar surface area (TPSA) is 70.0 Å². The Balaban J connectivity index is 3.20. The lowest BCUT2D eigenvalue weighted by Gasteiger charge is -1.95. The lowest BCUT2D eigenvalue weighted by Crippen LogP contribution is -1.85. The van der Waals surface area contributed by atoms with E-state index in [1.165, 1.54) is 12.1 Å². The molecular weight excluding hydrogens is 128 g/mol. The molecule has 0 aliphatic rings. The lowest BCUT2D eigenvalue weighted by molar-refractivity contribution is 0.478. The van der Waals surface area contributed by atoms with E-state index >= 15 is 0 Å². The van der Waals surface area contributed by atoms with Crippen molar-refractivity contribution in [2.45, 2.75) is 0 Å². The number of hydrogen-bond donors (Lipinski definition) is 2. The molecule has 0 atom stereocenters. The molecule has 1 rings (SSSR count). The molecule has 1 aromatic rings. The van der Waals surface area contributed by atoms with Crippen LogP contribution in [0.2, 0.25) is 0 Å².